The molecule has 1 unspecified atom stereocenters. The average Bonchev–Trinajstić information content (AvgIpc) is 2.98. The van der Waals surface area contributed by atoms with Crippen molar-refractivity contribution >= 4 is 50.7 Å². The van der Waals surface area contributed by atoms with Crippen molar-refractivity contribution in [3.8, 4) is 11.5 Å². The Labute approximate surface area is 262 Å². The van der Waals surface area contributed by atoms with Crippen LogP contribution in [0.5, 0.6) is 11.5 Å². The molecule has 0 spiro atoms. The minimum absolute atomic E-state index is 0.00257. The van der Waals surface area contributed by atoms with Gasteiger partial charge in [0.1, 0.15) is 19.3 Å². The lowest BCUT2D eigenvalue weighted by Crippen LogP contribution is -2.50. The Balaban J connectivity index is 1.57. The van der Waals surface area contributed by atoms with Crippen LogP contribution in [0.3, 0.4) is 0 Å². The first-order valence-corrected chi connectivity index (χ1v) is 16.6. The summed E-state index contributed by atoms with van der Waals surface area (Å²) in [5, 5.41) is 3.58. The van der Waals surface area contributed by atoms with Gasteiger partial charge in [-0.3, -0.25) is 13.9 Å². The third kappa shape index (κ3) is 8.78. The fourth-order valence-electron chi connectivity index (χ4n) is 4.87. The van der Waals surface area contributed by atoms with E-state index in [9.17, 15) is 18.0 Å². The minimum Gasteiger partial charge on any atom is -0.486 e. The molecule has 2 amide bonds. The molecule has 3 aromatic carbocycles. The maximum Gasteiger partial charge on any atom is 0.243 e. The van der Waals surface area contributed by atoms with E-state index in [4.69, 9.17) is 32.7 Å². The summed E-state index contributed by atoms with van der Waals surface area (Å²) in [4.78, 5) is 28.8. The molecule has 0 saturated carbocycles. The summed E-state index contributed by atoms with van der Waals surface area (Å²) in [5.41, 5.74) is 2.02. The Morgan fingerprint density at radius 1 is 0.930 bits per heavy atom. The van der Waals surface area contributed by atoms with Gasteiger partial charge in [0.05, 0.1) is 22.0 Å². The lowest BCUT2D eigenvalue weighted by atomic mass is 10.0. The Hall–Kier alpha value is -3.47. The molecule has 4 rings (SSSR count). The molecule has 0 aliphatic carbocycles. The van der Waals surface area contributed by atoms with Gasteiger partial charge in [0.25, 0.3) is 0 Å². The Kier molecular flexibility index (Phi) is 11.2. The normalized spacial score (nSPS) is 13.2. The van der Waals surface area contributed by atoms with Crippen molar-refractivity contribution in [2.75, 3.05) is 36.9 Å². The molecule has 0 saturated heterocycles. The maximum absolute atomic E-state index is 13.9. The maximum atomic E-state index is 13.9. The highest BCUT2D eigenvalue weighted by Crippen LogP contribution is 2.35. The van der Waals surface area contributed by atoms with E-state index in [1.54, 1.807) is 36.4 Å². The minimum atomic E-state index is -3.68. The van der Waals surface area contributed by atoms with E-state index in [0.717, 1.165) is 11.8 Å². The van der Waals surface area contributed by atoms with Gasteiger partial charge >= 0.3 is 0 Å². The van der Waals surface area contributed by atoms with E-state index in [1.807, 2.05) is 37.3 Å². The fraction of sp³-hybridized carbons (Fsp3) is 0.355. The molecule has 0 radical (unpaired) electrons. The lowest BCUT2D eigenvalue weighted by molar-refractivity contribution is -0.141. The molecular formula is C31H35Cl2N3O6S. The first-order valence-electron chi connectivity index (χ1n) is 14.0. The number of halogens is 2. The van der Waals surface area contributed by atoms with E-state index in [0.29, 0.717) is 59.0 Å². The molecule has 1 atom stereocenters. The van der Waals surface area contributed by atoms with E-state index in [1.165, 1.54) is 9.21 Å². The number of sulfonamides is 1. The number of nitrogens with one attached hydrogen (secondary N) is 1. The Morgan fingerprint density at radius 2 is 1.65 bits per heavy atom. The predicted molar refractivity (Wildman–Crippen MR) is 168 cm³/mol. The topological polar surface area (TPSA) is 105 Å². The van der Waals surface area contributed by atoms with Gasteiger partial charge in [-0.05, 0) is 48.7 Å². The Bertz CT molecular complexity index is 1540. The number of carbonyl (C=O) groups is 2. The zero-order valence-corrected chi connectivity index (χ0v) is 26.4. The van der Waals surface area contributed by atoms with Crippen LogP contribution in [0.15, 0.2) is 66.7 Å². The lowest BCUT2D eigenvalue weighted by Gasteiger charge is -2.32. The molecule has 9 nitrogen and oxygen atoms in total. The highest BCUT2D eigenvalue weighted by molar-refractivity contribution is 7.92. The van der Waals surface area contributed by atoms with Crippen molar-refractivity contribution in [2.24, 2.45) is 0 Å². The SMILES string of the molecule is CCNC(=O)C(Cc1ccccc1)N(Cc1ccc(Cl)c(Cl)c1)C(=O)CCCN(c1ccc2c(c1)OCCO2)S(C)(=O)=O. The molecule has 1 N–H and O–H groups in total. The number of anilines is 1. The molecule has 1 heterocycles. The van der Waals surface area contributed by atoms with Crippen LogP contribution in [-0.2, 0) is 32.6 Å². The molecular weight excluding hydrogens is 613 g/mol. The summed E-state index contributed by atoms with van der Waals surface area (Å²) >= 11 is 12.4. The van der Waals surface area contributed by atoms with Crippen LogP contribution in [0, 0.1) is 0 Å². The second-order valence-electron chi connectivity index (χ2n) is 10.1. The van der Waals surface area contributed by atoms with Crippen molar-refractivity contribution in [1.29, 1.82) is 0 Å². The summed E-state index contributed by atoms with van der Waals surface area (Å²) in [5.74, 6) is 0.432. The number of ether oxygens (including phenoxy) is 2. The van der Waals surface area contributed by atoms with Crippen LogP contribution < -0.4 is 19.1 Å². The highest BCUT2D eigenvalue weighted by Gasteiger charge is 2.30. The Morgan fingerprint density at radius 3 is 2.33 bits per heavy atom. The van der Waals surface area contributed by atoms with Gasteiger partial charge in [0.2, 0.25) is 21.8 Å². The number of carbonyl (C=O) groups excluding carboxylic acids is 2. The summed E-state index contributed by atoms with van der Waals surface area (Å²) in [6, 6.07) is 18.7. The molecule has 3 aromatic rings. The van der Waals surface area contributed by atoms with Gasteiger partial charge in [-0.1, -0.05) is 59.6 Å². The molecule has 43 heavy (non-hydrogen) atoms. The molecule has 0 aromatic heterocycles. The molecule has 12 heteroatoms. The number of nitrogens with zero attached hydrogens (tertiary/aromatic N) is 2. The highest BCUT2D eigenvalue weighted by atomic mass is 35.5. The van der Waals surface area contributed by atoms with Crippen LogP contribution in [0.2, 0.25) is 10.0 Å². The number of hydrogen-bond acceptors (Lipinski definition) is 6. The first-order chi connectivity index (χ1) is 20.6. The monoisotopic (exact) mass is 647 g/mol. The fourth-order valence-corrected chi connectivity index (χ4v) is 6.15. The first kappa shape index (κ1) is 32.4. The quantitative estimate of drug-likeness (QED) is 0.277. The number of amides is 2. The van der Waals surface area contributed by atoms with Crippen LogP contribution in [0.25, 0.3) is 0 Å². The van der Waals surface area contributed by atoms with Crippen LogP contribution in [0.4, 0.5) is 5.69 Å². The predicted octanol–water partition coefficient (Wildman–Crippen LogP) is 5.09. The van der Waals surface area contributed by atoms with Crippen molar-refractivity contribution in [1.82, 2.24) is 10.2 Å². The second-order valence-corrected chi connectivity index (χ2v) is 12.9. The zero-order chi connectivity index (χ0) is 31.0. The summed E-state index contributed by atoms with van der Waals surface area (Å²) in [6.45, 7) is 3.18. The number of rotatable bonds is 13. The number of likely N-dealkylation sites (N-methyl/N-ethyl adjacent to an activating group) is 1. The molecule has 1 aliphatic rings. The molecule has 0 bridgehead atoms. The third-order valence-electron chi connectivity index (χ3n) is 6.92. The van der Waals surface area contributed by atoms with Gasteiger partial charge in [0, 0.05) is 38.5 Å². The van der Waals surface area contributed by atoms with Crippen LogP contribution >= 0.6 is 23.2 Å². The van der Waals surface area contributed by atoms with Crippen molar-refractivity contribution in [3.63, 3.8) is 0 Å². The third-order valence-corrected chi connectivity index (χ3v) is 8.86. The van der Waals surface area contributed by atoms with Gasteiger partial charge in [-0.2, -0.15) is 0 Å². The van der Waals surface area contributed by atoms with Crippen LogP contribution in [0.1, 0.15) is 30.9 Å². The number of hydrogen-bond donors (Lipinski definition) is 1. The van der Waals surface area contributed by atoms with E-state index in [-0.39, 0.29) is 37.7 Å². The van der Waals surface area contributed by atoms with Gasteiger partial charge in [-0.25, -0.2) is 8.42 Å². The molecule has 0 fully saturated rings. The molecule has 1 aliphatic heterocycles. The number of benzene rings is 3. The van der Waals surface area contributed by atoms with Gasteiger partial charge in [-0.15, -0.1) is 0 Å². The second kappa shape index (κ2) is 14.8. The smallest absolute Gasteiger partial charge is 0.243 e. The average molecular weight is 649 g/mol. The summed E-state index contributed by atoms with van der Waals surface area (Å²) < 4.78 is 38.0. The standard InChI is InChI=1S/C31H35Cl2N3O6S/c1-3-34-31(38)27(19-22-8-5-4-6-9-22)35(21-23-11-13-25(32)26(33)18-23)30(37)10-7-15-36(43(2,39)40)24-12-14-28-29(20-24)42-17-16-41-28/h4-6,8-9,11-14,18,20,27H,3,7,10,15-17,19,21H2,1-2H3,(H,34,38). The summed E-state index contributed by atoms with van der Waals surface area (Å²) in [7, 11) is -3.68. The van der Waals surface area contributed by atoms with E-state index >= 15 is 0 Å². The zero-order valence-electron chi connectivity index (χ0n) is 24.1. The summed E-state index contributed by atoms with van der Waals surface area (Å²) in [6.07, 6.45) is 1.63. The van der Waals surface area contributed by atoms with E-state index < -0.39 is 16.1 Å². The van der Waals surface area contributed by atoms with Crippen molar-refractivity contribution in [3.05, 3.63) is 87.9 Å². The van der Waals surface area contributed by atoms with Crippen molar-refractivity contribution < 1.29 is 27.5 Å². The van der Waals surface area contributed by atoms with Crippen LogP contribution in [-0.4, -0.2) is 63.7 Å². The van der Waals surface area contributed by atoms with Gasteiger partial charge in [0.15, 0.2) is 11.5 Å². The number of fused-ring (bicyclic) bond motifs is 1. The molecule has 230 valence electrons. The van der Waals surface area contributed by atoms with E-state index in [2.05, 4.69) is 5.32 Å². The largest absolute Gasteiger partial charge is 0.486 e. The van der Waals surface area contributed by atoms with Crippen molar-refractivity contribution in [2.45, 2.75) is 38.8 Å². The van der Waals surface area contributed by atoms with Gasteiger partial charge < -0.3 is 19.7 Å².